The average molecular weight is 284 g/mol. The van der Waals surface area contributed by atoms with Gasteiger partial charge < -0.3 is 9.67 Å². The topological polar surface area (TPSA) is 72.2 Å². The summed E-state index contributed by atoms with van der Waals surface area (Å²) in [6.07, 6.45) is 5.44. The van der Waals surface area contributed by atoms with Crippen LogP contribution in [0.5, 0.6) is 0 Å². The summed E-state index contributed by atoms with van der Waals surface area (Å²) in [7, 11) is -2.81. The van der Waals surface area contributed by atoms with Crippen LogP contribution < -0.4 is 0 Å². The molecule has 0 bridgehead atoms. The van der Waals surface area contributed by atoms with Gasteiger partial charge in [0.1, 0.15) is 5.82 Å². The van der Waals surface area contributed by atoms with Gasteiger partial charge in [-0.3, -0.25) is 0 Å². The molecule has 1 fully saturated rings. The largest absolute Gasteiger partial charge is 0.396 e. The van der Waals surface area contributed by atoms with Crippen molar-refractivity contribution >= 4 is 9.84 Å². The first-order chi connectivity index (χ1) is 9.09. The van der Waals surface area contributed by atoms with Crippen LogP contribution >= 0.6 is 0 Å². The lowest BCUT2D eigenvalue weighted by Crippen LogP contribution is -2.20. The fourth-order valence-electron chi connectivity index (χ4n) is 3.30. The van der Waals surface area contributed by atoms with Crippen molar-refractivity contribution in [3.8, 4) is 0 Å². The molecule has 1 aromatic heterocycles. The molecule has 6 heteroatoms. The molecule has 0 radical (unpaired) electrons. The first kappa shape index (κ1) is 13.1. The standard InChI is InChI=1S/C13H20N2O3S/c16-8-11-2-1-4-15-12(11)7-14-13(15)6-10-3-5-19(17,18)9-10/h7,10-11,16H,1-6,8-9H2. The number of hydrogen-bond acceptors (Lipinski definition) is 4. The van der Waals surface area contributed by atoms with Crippen LogP contribution in [0.3, 0.4) is 0 Å². The molecule has 0 aliphatic carbocycles. The van der Waals surface area contributed by atoms with Gasteiger partial charge in [0.15, 0.2) is 9.84 Å². The van der Waals surface area contributed by atoms with Crippen molar-refractivity contribution in [1.29, 1.82) is 0 Å². The van der Waals surface area contributed by atoms with E-state index in [2.05, 4.69) is 9.55 Å². The van der Waals surface area contributed by atoms with Crippen molar-refractivity contribution in [1.82, 2.24) is 9.55 Å². The molecule has 106 valence electrons. The first-order valence-electron chi connectivity index (χ1n) is 6.94. The minimum Gasteiger partial charge on any atom is -0.396 e. The molecule has 2 aliphatic heterocycles. The molecule has 0 amide bonds. The number of aromatic nitrogens is 2. The van der Waals surface area contributed by atoms with Crippen LogP contribution in [0.15, 0.2) is 6.20 Å². The van der Waals surface area contributed by atoms with Gasteiger partial charge in [0.25, 0.3) is 0 Å². The minimum absolute atomic E-state index is 0.170. The molecule has 3 rings (SSSR count). The van der Waals surface area contributed by atoms with Crippen molar-refractivity contribution in [3.63, 3.8) is 0 Å². The molecule has 5 nitrogen and oxygen atoms in total. The molecule has 2 atom stereocenters. The molecule has 1 saturated heterocycles. The van der Waals surface area contributed by atoms with E-state index >= 15 is 0 Å². The Morgan fingerprint density at radius 1 is 1.42 bits per heavy atom. The summed E-state index contributed by atoms with van der Waals surface area (Å²) in [6.45, 7) is 1.11. The van der Waals surface area contributed by atoms with Gasteiger partial charge >= 0.3 is 0 Å². The van der Waals surface area contributed by atoms with Gasteiger partial charge in [0.05, 0.1) is 18.1 Å². The Hall–Kier alpha value is -0.880. The molecule has 2 unspecified atom stereocenters. The lowest BCUT2D eigenvalue weighted by molar-refractivity contribution is 0.240. The third-order valence-electron chi connectivity index (χ3n) is 4.34. The molecule has 1 aromatic rings. The van der Waals surface area contributed by atoms with E-state index in [9.17, 15) is 13.5 Å². The molecule has 0 aromatic carbocycles. The molecule has 0 spiro atoms. The summed E-state index contributed by atoms with van der Waals surface area (Å²) in [4.78, 5) is 4.46. The summed E-state index contributed by atoms with van der Waals surface area (Å²) >= 11 is 0. The van der Waals surface area contributed by atoms with E-state index in [0.29, 0.717) is 11.5 Å². The van der Waals surface area contributed by atoms with Crippen molar-refractivity contribution in [2.45, 2.75) is 38.1 Å². The summed E-state index contributed by atoms with van der Waals surface area (Å²) in [5.74, 6) is 2.03. The zero-order chi connectivity index (χ0) is 13.5. The number of fused-ring (bicyclic) bond motifs is 1. The Labute approximate surface area is 113 Å². The highest BCUT2D eigenvalue weighted by atomic mass is 32.2. The second-order valence-electron chi connectivity index (χ2n) is 5.75. The molecule has 1 N–H and O–H groups in total. The highest BCUT2D eigenvalue weighted by molar-refractivity contribution is 7.91. The fraction of sp³-hybridized carbons (Fsp3) is 0.769. The maximum atomic E-state index is 11.5. The van der Waals surface area contributed by atoms with Crippen LogP contribution in [0.4, 0.5) is 0 Å². The van der Waals surface area contributed by atoms with Gasteiger partial charge in [-0.15, -0.1) is 0 Å². The Morgan fingerprint density at radius 3 is 2.95 bits per heavy atom. The predicted molar refractivity (Wildman–Crippen MR) is 71.8 cm³/mol. The van der Waals surface area contributed by atoms with Gasteiger partial charge in [0.2, 0.25) is 0 Å². The first-order valence-corrected chi connectivity index (χ1v) is 8.77. The average Bonchev–Trinajstić information content (AvgIpc) is 2.93. The Kier molecular flexibility index (Phi) is 3.39. The zero-order valence-corrected chi connectivity index (χ0v) is 11.8. The maximum Gasteiger partial charge on any atom is 0.150 e. The van der Waals surface area contributed by atoms with Gasteiger partial charge in [-0.25, -0.2) is 13.4 Å². The van der Waals surface area contributed by atoms with E-state index < -0.39 is 9.84 Å². The lowest BCUT2D eigenvalue weighted by atomic mass is 9.97. The van der Waals surface area contributed by atoms with Gasteiger partial charge in [-0.2, -0.15) is 0 Å². The summed E-state index contributed by atoms with van der Waals surface area (Å²) < 4.78 is 25.2. The highest BCUT2D eigenvalue weighted by Crippen LogP contribution is 2.30. The molecule has 19 heavy (non-hydrogen) atoms. The summed E-state index contributed by atoms with van der Waals surface area (Å²) in [5.41, 5.74) is 1.12. The number of sulfone groups is 1. The van der Waals surface area contributed by atoms with Gasteiger partial charge in [0, 0.05) is 30.8 Å². The van der Waals surface area contributed by atoms with E-state index in [0.717, 1.165) is 43.7 Å². The number of nitrogens with zero attached hydrogens (tertiary/aromatic N) is 2. The van der Waals surface area contributed by atoms with Crippen LogP contribution in [-0.2, 0) is 22.8 Å². The minimum atomic E-state index is -2.81. The molecule has 2 aliphatic rings. The van der Waals surface area contributed by atoms with E-state index in [1.54, 1.807) is 0 Å². The van der Waals surface area contributed by atoms with E-state index in [-0.39, 0.29) is 18.4 Å². The Bertz CT molecular complexity index is 564. The Morgan fingerprint density at radius 2 is 2.26 bits per heavy atom. The smallest absolute Gasteiger partial charge is 0.150 e. The fourth-order valence-corrected chi connectivity index (χ4v) is 5.16. The van der Waals surface area contributed by atoms with Crippen molar-refractivity contribution < 1.29 is 13.5 Å². The van der Waals surface area contributed by atoms with E-state index in [1.807, 2.05) is 6.20 Å². The zero-order valence-electron chi connectivity index (χ0n) is 11.0. The predicted octanol–water partition coefficient (Wildman–Crippen LogP) is 0.730. The molecule has 3 heterocycles. The number of imidazole rings is 1. The third kappa shape index (κ3) is 2.56. The van der Waals surface area contributed by atoms with Crippen molar-refractivity contribution in [2.75, 3.05) is 18.1 Å². The van der Waals surface area contributed by atoms with Crippen molar-refractivity contribution in [2.24, 2.45) is 5.92 Å². The van der Waals surface area contributed by atoms with Gasteiger partial charge in [-0.1, -0.05) is 0 Å². The second-order valence-corrected chi connectivity index (χ2v) is 7.97. The van der Waals surface area contributed by atoms with Crippen LogP contribution in [0, 0.1) is 5.92 Å². The normalized spacial score (nSPS) is 29.3. The summed E-state index contributed by atoms with van der Waals surface area (Å²) in [6, 6.07) is 0. The van der Waals surface area contributed by atoms with Crippen molar-refractivity contribution in [3.05, 3.63) is 17.7 Å². The summed E-state index contributed by atoms with van der Waals surface area (Å²) in [5, 5.41) is 9.38. The highest BCUT2D eigenvalue weighted by Gasteiger charge is 2.30. The van der Waals surface area contributed by atoms with E-state index in [4.69, 9.17) is 0 Å². The maximum absolute atomic E-state index is 11.5. The third-order valence-corrected chi connectivity index (χ3v) is 6.18. The number of hydrogen-bond donors (Lipinski definition) is 1. The SMILES string of the molecule is O=S1(=O)CCC(Cc2ncc3n2CCCC3CO)C1. The monoisotopic (exact) mass is 284 g/mol. The number of aliphatic hydroxyl groups excluding tert-OH is 1. The second kappa shape index (κ2) is 4.90. The van der Waals surface area contributed by atoms with Crippen LogP contribution in [0.1, 0.15) is 36.7 Å². The van der Waals surface area contributed by atoms with Crippen LogP contribution in [-0.4, -0.2) is 41.2 Å². The quantitative estimate of drug-likeness (QED) is 0.888. The number of rotatable bonds is 3. The lowest BCUT2D eigenvalue weighted by Gasteiger charge is -2.24. The number of aliphatic hydroxyl groups is 1. The van der Waals surface area contributed by atoms with Crippen LogP contribution in [0.2, 0.25) is 0 Å². The Balaban J connectivity index is 1.78. The van der Waals surface area contributed by atoms with E-state index in [1.165, 1.54) is 0 Å². The molecular formula is C13H20N2O3S. The molecule has 0 saturated carbocycles. The van der Waals surface area contributed by atoms with Gasteiger partial charge in [-0.05, 0) is 25.2 Å². The molecular weight excluding hydrogens is 264 g/mol. The van der Waals surface area contributed by atoms with Crippen LogP contribution in [0.25, 0.3) is 0 Å².